The van der Waals surface area contributed by atoms with Gasteiger partial charge in [0, 0.05) is 20.6 Å². The van der Waals surface area contributed by atoms with Crippen LogP contribution >= 0.6 is 0 Å². The van der Waals surface area contributed by atoms with Gasteiger partial charge in [-0.25, -0.2) is 0 Å². The number of likely N-dealkylation sites (N-methyl/N-ethyl adjacent to an activating group) is 1. The molecule has 0 radical (unpaired) electrons. The molecule has 5 nitrogen and oxygen atoms in total. The van der Waals surface area contributed by atoms with Crippen LogP contribution < -0.4 is 5.73 Å². The fraction of sp³-hybridized carbons (Fsp3) is 0.833. The van der Waals surface area contributed by atoms with Crippen LogP contribution in [-0.4, -0.2) is 54.8 Å². The smallest absolute Gasteiger partial charge is 0.241 e. The van der Waals surface area contributed by atoms with E-state index in [1.165, 1.54) is 4.90 Å². The van der Waals surface area contributed by atoms with Crippen molar-refractivity contribution >= 4 is 11.8 Å². The monoisotopic (exact) mass is 243 g/mol. The highest BCUT2D eigenvalue weighted by Crippen LogP contribution is 2.05. The molecule has 0 aliphatic rings. The third-order valence-electron chi connectivity index (χ3n) is 2.63. The largest absolute Gasteiger partial charge is 0.347 e. The van der Waals surface area contributed by atoms with E-state index in [2.05, 4.69) is 0 Å². The van der Waals surface area contributed by atoms with Crippen LogP contribution in [0, 0.1) is 5.92 Å². The SMILES string of the molecule is CCCN(CC(=O)N(C)C)C(=O)[C@H](N)C(C)C. The van der Waals surface area contributed by atoms with Crippen molar-refractivity contribution in [2.75, 3.05) is 27.2 Å². The minimum atomic E-state index is -0.531. The Hall–Kier alpha value is -1.10. The predicted molar refractivity (Wildman–Crippen MR) is 68.4 cm³/mol. The Morgan fingerprint density at radius 1 is 1.24 bits per heavy atom. The number of hydrogen-bond acceptors (Lipinski definition) is 3. The van der Waals surface area contributed by atoms with Crippen LogP contribution in [0.1, 0.15) is 27.2 Å². The Labute approximate surface area is 104 Å². The minimum absolute atomic E-state index is 0.0799. The first-order valence-corrected chi connectivity index (χ1v) is 6.05. The normalized spacial score (nSPS) is 12.4. The molecule has 1 atom stereocenters. The van der Waals surface area contributed by atoms with Crippen molar-refractivity contribution < 1.29 is 9.59 Å². The Kier molecular flexibility index (Phi) is 6.80. The maximum Gasteiger partial charge on any atom is 0.241 e. The predicted octanol–water partition coefficient (Wildman–Crippen LogP) is 0.297. The zero-order valence-corrected chi connectivity index (χ0v) is 11.6. The van der Waals surface area contributed by atoms with Gasteiger partial charge in [-0.2, -0.15) is 0 Å². The lowest BCUT2D eigenvalue weighted by atomic mass is 10.0. The average Bonchev–Trinajstić information content (AvgIpc) is 2.25. The van der Waals surface area contributed by atoms with Crippen molar-refractivity contribution in [2.24, 2.45) is 11.7 Å². The van der Waals surface area contributed by atoms with Gasteiger partial charge in [0.1, 0.15) is 0 Å². The first-order chi connectivity index (χ1) is 7.81. The van der Waals surface area contributed by atoms with Gasteiger partial charge in [-0.15, -0.1) is 0 Å². The van der Waals surface area contributed by atoms with Crippen molar-refractivity contribution in [3.8, 4) is 0 Å². The number of carbonyl (C=O) groups excluding carboxylic acids is 2. The number of hydrogen-bond donors (Lipinski definition) is 1. The van der Waals surface area contributed by atoms with Crippen LogP contribution in [0.15, 0.2) is 0 Å². The van der Waals surface area contributed by atoms with Crippen LogP contribution in [-0.2, 0) is 9.59 Å². The van der Waals surface area contributed by atoms with Gasteiger partial charge < -0.3 is 15.5 Å². The molecular formula is C12H25N3O2. The Morgan fingerprint density at radius 2 is 1.76 bits per heavy atom. The highest BCUT2D eigenvalue weighted by molar-refractivity contribution is 5.87. The zero-order valence-electron chi connectivity index (χ0n) is 11.6. The molecule has 0 aromatic carbocycles. The molecule has 0 saturated heterocycles. The summed E-state index contributed by atoms with van der Waals surface area (Å²) in [5.41, 5.74) is 5.83. The molecular weight excluding hydrogens is 218 g/mol. The molecule has 100 valence electrons. The molecule has 0 saturated carbocycles. The van der Waals surface area contributed by atoms with Gasteiger partial charge in [0.15, 0.2) is 0 Å². The second-order valence-electron chi connectivity index (χ2n) is 4.82. The van der Waals surface area contributed by atoms with Crippen molar-refractivity contribution in [1.29, 1.82) is 0 Å². The third kappa shape index (κ3) is 5.17. The van der Waals surface area contributed by atoms with E-state index in [4.69, 9.17) is 5.73 Å². The summed E-state index contributed by atoms with van der Waals surface area (Å²) in [6.07, 6.45) is 0.817. The van der Waals surface area contributed by atoms with E-state index in [1.54, 1.807) is 19.0 Å². The fourth-order valence-corrected chi connectivity index (χ4v) is 1.34. The molecule has 0 rings (SSSR count). The van der Waals surface area contributed by atoms with E-state index >= 15 is 0 Å². The first-order valence-electron chi connectivity index (χ1n) is 6.05. The molecule has 0 aliphatic carbocycles. The lowest BCUT2D eigenvalue weighted by Crippen LogP contribution is -2.49. The lowest BCUT2D eigenvalue weighted by Gasteiger charge is -2.27. The highest BCUT2D eigenvalue weighted by Gasteiger charge is 2.24. The van der Waals surface area contributed by atoms with E-state index in [0.717, 1.165) is 6.42 Å². The van der Waals surface area contributed by atoms with Gasteiger partial charge in [0.05, 0.1) is 12.6 Å². The fourth-order valence-electron chi connectivity index (χ4n) is 1.34. The standard InChI is InChI=1S/C12H25N3O2/c1-6-7-15(8-10(16)14(4)5)12(17)11(13)9(2)3/h9,11H,6-8,13H2,1-5H3/t11-/m1/s1. The minimum Gasteiger partial charge on any atom is -0.347 e. The van der Waals surface area contributed by atoms with Crippen LogP contribution in [0.25, 0.3) is 0 Å². The molecule has 2 N–H and O–H groups in total. The van der Waals surface area contributed by atoms with Gasteiger partial charge in [-0.1, -0.05) is 20.8 Å². The van der Waals surface area contributed by atoms with Crippen molar-refractivity contribution in [2.45, 2.75) is 33.2 Å². The molecule has 0 unspecified atom stereocenters. The number of nitrogens with two attached hydrogens (primary N) is 1. The number of rotatable bonds is 6. The maximum atomic E-state index is 12.1. The van der Waals surface area contributed by atoms with E-state index in [1.807, 2.05) is 20.8 Å². The van der Waals surface area contributed by atoms with Crippen molar-refractivity contribution in [1.82, 2.24) is 9.80 Å². The third-order valence-corrected chi connectivity index (χ3v) is 2.63. The summed E-state index contributed by atoms with van der Waals surface area (Å²) in [6.45, 7) is 6.46. The molecule has 0 heterocycles. The summed E-state index contributed by atoms with van der Waals surface area (Å²) in [5.74, 6) is -0.142. The molecule has 0 aromatic heterocycles. The maximum absolute atomic E-state index is 12.1. The number of amides is 2. The van der Waals surface area contributed by atoms with Crippen LogP contribution in [0.4, 0.5) is 0 Å². The van der Waals surface area contributed by atoms with Gasteiger partial charge in [-0.05, 0) is 12.3 Å². The second kappa shape index (κ2) is 7.27. The highest BCUT2D eigenvalue weighted by atomic mass is 16.2. The average molecular weight is 243 g/mol. The van der Waals surface area contributed by atoms with E-state index in [0.29, 0.717) is 6.54 Å². The summed E-state index contributed by atoms with van der Waals surface area (Å²) in [6, 6.07) is -0.531. The van der Waals surface area contributed by atoms with Crippen molar-refractivity contribution in [3.63, 3.8) is 0 Å². The topological polar surface area (TPSA) is 66.6 Å². The first kappa shape index (κ1) is 15.9. The van der Waals surface area contributed by atoms with Gasteiger partial charge in [0.25, 0.3) is 0 Å². The zero-order chi connectivity index (χ0) is 13.6. The number of nitrogens with zero attached hydrogens (tertiary/aromatic N) is 2. The molecule has 2 amide bonds. The Bertz CT molecular complexity index is 264. The molecule has 0 spiro atoms. The van der Waals surface area contributed by atoms with Crippen LogP contribution in [0.5, 0.6) is 0 Å². The Balaban J connectivity index is 4.62. The molecule has 17 heavy (non-hydrogen) atoms. The quantitative estimate of drug-likeness (QED) is 0.729. The second-order valence-corrected chi connectivity index (χ2v) is 4.82. The molecule has 0 bridgehead atoms. The van der Waals surface area contributed by atoms with Crippen LogP contribution in [0.2, 0.25) is 0 Å². The van der Waals surface area contributed by atoms with E-state index in [9.17, 15) is 9.59 Å². The van der Waals surface area contributed by atoms with Gasteiger partial charge in [0.2, 0.25) is 11.8 Å². The molecule has 5 heteroatoms. The summed E-state index contributed by atoms with van der Waals surface area (Å²) in [4.78, 5) is 26.7. The summed E-state index contributed by atoms with van der Waals surface area (Å²) < 4.78 is 0. The summed E-state index contributed by atoms with van der Waals surface area (Å²) in [5, 5.41) is 0. The molecule has 0 aromatic rings. The Morgan fingerprint density at radius 3 is 2.12 bits per heavy atom. The van der Waals surface area contributed by atoms with E-state index in [-0.39, 0.29) is 24.3 Å². The molecule has 0 aliphatic heterocycles. The van der Waals surface area contributed by atoms with Crippen LogP contribution in [0.3, 0.4) is 0 Å². The number of carbonyl (C=O) groups is 2. The summed E-state index contributed by atoms with van der Waals surface area (Å²) in [7, 11) is 3.36. The van der Waals surface area contributed by atoms with Gasteiger partial charge in [-0.3, -0.25) is 9.59 Å². The lowest BCUT2D eigenvalue weighted by molar-refractivity contribution is -0.140. The van der Waals surface area contributed by atoms with Gasteiger partial charge >= 0.3 is 0 Å². The molecule has 0 fully saturated rings. The van der Waals surface area contributed by atoms with E-state index < -0.39 is 6.04 Å². The summed E-state index contributed by atoms with van der Waals surface area (Å²) >= 11 is 0. The van der Waals surface area contributed by atoms with Crippen molar-refractivity contribution in [3.05, 3.63) is 0 Å².